The fourth-order valence-electron chi connectivity index (χ4n) is 4.15. The van der Waals surface area contributed by atoms with Gasteiger partial charge in [-0.05, 0) is 32.4 Å². The molecule has 0 amide bonds. The summed E-state index contributed by atoms with van der Waals surface area (Å²) in [4.78, 5) is 12.0. The van der Waals surface area contributed by atoms with Gasteiger partial charge in [-0.2, -0.15) is 0 Å². The Balaban J connectivity index is 2.30. The van der Waals surface area contributed by atoms with E-state index >= 15 is 0 Å². The molecule has 1 N–H and O–H groups in total. The summed E-state index contributed by atoms with van der Waals surface area (Å²) in [5.41, 5.74) is 2.18. The van der Waals surface area contributed by atoms with Gasteiger partial charge in [-0.25, -0.2) is 0 Å². The van der Waals surface area contributed by atoms with Gasteiger partial charge in [-0.1, -0.05) is 6.07 Å². The van der Waals surface area contributed by atoms with E-state index in [1.807, 2.05) is 26.0 Å². The molecule has 0 fully saturated rings. The Labute approximate surface area is 170 Å². The molecule has 3 rings (SSSR count). The van der Waals surface area contributed by atoms with Crippen LogP contribution in [0, 0.1) is 6.92 Å². The molecule has 1 aliphatic rings. The van der Waals surface area contributed by atoms with E-state index in [1.165, 1.54) is 0 Å². The minimum absolute atomic E-state index is 0.0623. The quantitative estimate of drug-likeness (QED) is 0.736. The number of aliphatic hydroxyl groups excluding tert-OH is 1. The first kappa shape index (κ1) is 21.2. The highest BCUT2D eigenvalue weighted by molar-refractivity contribution is 6.01. The van der Waals surface area contributed by atoms with Crippen LogP contribution in [-0.4, -0.2) is 45.1 Å². The van der Waals surface area contributed by atoms with Gasteiger partial charge in [-0.3, -0.25) is 4.79 Å². The summed E-state index contributed by atoms with van der Waals surface area (Å²) >= 11 is 0. The van der Waals surface area contributed by atoms with Crippen molar-refractivity contribution in [1.82, 2.24) is 0 Å². The van der Waals surface area contributed by atoms with E-state index in [-0.39, 0.29) is 13.0 Å². The number of ether oxygens (including phenoxy) is 5. The highest BCUT2D eigenvalue weighted by Gasteiger charge is 2.40. The van der Waals surface area contributed by atoms with Crippen molar-refractivity contribution >= 4 is 16.7 Å². The molecule has 7 heteroatoms. The summed E-state index contributed by atoms with van der Waals surface area (Å²) in [7, 11) is 4.73. The second-order valence-electron chi connectivity index (χ2n) is 7.00. The third-order valence-corrected chi connectivity index (χ3v) is 5.32. The van der Waals surface area contributed by atoms with Crippen molar-refractivity contribution in [3.63, 3.8) is 0 Å². The summed E-state index contributed by atoms with van der Waals surface area (Å²) in [6.45, 7) is 5.81. The van der Waals surface area contributed by atoms with E-state index in [2.05, 4.69) is 0 Å². The van der Waals surface area contributed by atoms with Crippen LogP contribution in [0.3, 0.4) is 0 Å². The Morgan fingerprint density at radius 1 is 1.07 bits per heavy atom. The molecule has 2 aromatic rings. The number of rotatable bonds is 6. The molecule has 0 radical (unpaired) electrons. The van der Waals surface area contributed by atoms with Crippen molar-refractivity contribution in [1.29, 1.82) is 0 Å². The summed E-state index contributed by atoms with van der Waals surface area (Å²) in [5.74, 6) is 1.31. The second kappa shape index (κ2) is 8.47. The molecular weight excluding hydrogens is 376 g/mol. The monoisotopic (exact) mass is 404 g/mol. The van der Waals surface area contributed by atoms with Crippen LogP contribution < -0.4 is 14.2 Å². The molecule has 0 aliphatic carbocycles. The number of carbonyl (C=O) groups is 1. The van der Waals surface area contributed by atoms with Crippen molar-refractivity contribution in [2.75, 3.05) is 27.9 Å². The van der Waals surface area contributed by atoms with Gasteiger partial charge >= 0.3 is 5.97 Å². The van der Waals surface area contributed by atoms with Gasteiger partial charge in [-0.15, -0.1) is 0 Å². The maximum absolute atomic E-state index is 12.0. The van der Waals surface area contributed by atoms with E-state index in [0.29, 0.717) is 33.8 Å². The highest BCUT2D eigenvalue weighted by atomic mass is 16.5. The minimum atomic E-state index is -1.09. The normalized spacial score (nSPS) is 20.9. The predicted molar refractivity (Wildman–Crippen MR) is 108 cm³/mol. The lowest BCUT2D eigenvalue weighted by atomic mass is 9.86. The lowest BCUT2D eigenvalue weighted by molar-refractivity contribution is -0.154. The zero-order valence-corrected chi connectivity index (χ0v) is 17.7. The highest BCUT2D eigenvalue weighted by Crippen LogP contribution is 2.53. The third kappa shape index (κ3) is 3.49. The predicted octanol–water partition coefficient (Wildman–Crippen LogP) is 3.62. The van der Waals surface area contributed by atoms with Crippen molar-refractivity contribution in [2.45, 2.75) is 45.5 Å². The van der Waals surface area contributed by atoms with Crippen LogP contribution >= 0.6 is 0 Å². The largest absolute Gasteiger partial charge is 0.496 e. The summed E-state index contributed by atoms with van der Waals surface area (Å²) in [6, 6.07) is 3.89. The van der Waals surface area contributed by atoms with Crippen molar-refractivity contribution in [3.05, 3.63) is 28.8 Å². The van der Waals surface area contributed by atoms with E-state index in [1.54, 1.807) is 28.3 Å². The second-order valence-corrected chi connectivity index (χ2v) is 7.00. The summed E-state index contributed by atoms with van der Waals surface area (Å²) < 4.78 is 28.2. The van der Waals surface area contributed by atoms with Gasteiger partial charge in [0.1, 0.15) is 23.4 Å². The average molecular weight is 404 g/mol. The van der Waals surface area contributed by atoms with Gasteiger partial charge in [0.25, 0.3) is 0 Å². The number of aliphatic hydroxyl groups is 1. The Morgan fingerprint density at radius 3 is 2.31 bits per heavy atom. The number of carbonyl (C=O) groups excluding carboxylic acids is 1. The molecule has 1 heterocycles. The Morgan fingerprint density at radius 2 is 1.72 bits per heavy atom. The van der Waals surface area contributed by atoms with Crippen LogP contribution in [-0.2, 0) is 14.3 Å². The van der Waals surface area contributed by atoms with Gasteiger partial charge in [0.05, 0.1) is 52.0 Å². The fourth-order valence-corrected chi connectivity index (χ4v) is 4.15. The van der Waals surface area contributed by atoms with Gasteiger partial charge in [0.15, 0.2) is 0 Å². The van der Waals surface area contributed by atoms with Crippen LogP contribution in [0.25, 0.3) is 10.8 Å². The fraction of sp³-hybridized carbons (Fsp3) is 0.500. The van der Waals surface area contributed by atoms with Crippen LogP contribution in [0.15, 0.2) is 12.1 Å². The SMILES string of the molecule is CCOC(=O)C[C@H]1O[C@@H](C)c2c(c(OC)c3c(OC)c(C)ccc3c2OC)[C@@H]1O. The van der Waals surface area contributed by atoms with Crippen LogP contribution in [0.2, 0.25) is 0 Å². The van der Waals surface area contributed by atoms with E-state index < -0.39 is 24.3 Å². The van der Waals surface area contributed by atoms with Gasteiger partial charge < -0.3 is 28.8 Å². The molecule has 1 aliphatic heterocycles. The number of hydrogen-bond acceptors (Lipinski definition) is 7. The standard InChI is InChI=1S/C22H28O7/c1-7-28-15(23)10-14-19(24)18-16(12(3)29-14)21(26-5)13-9-8-11(2)20(25-4)17(13)22(18)27-6/h8-9,12,14,19,24H,7,10H2,1-6H3/t12-,14+,19+/m0/s1. The number of aryl methyl sites for hydroxylation is 1. The topological polar surface area (TPSA) is 83.5 Å². The lowest BCUT2D eigenvalue weighted by Crippen LogP contribution is -2.33. The Hall–Kier alpha value is -2.51. The summed E-state index contributed by atoms with van der Waals surface area (Å²) in [5, 5.41) is 12.7. The first-order valence-corrected chi connectivity index (χ1v) is 9.63. The number of hydrogen-bond donors (Lipinski definition) is 1. The number of benzene rings is 2. The van der Waals surface area contributed by atoms with E-state index in [9.17, 15) is 9.90 Å². The first-order chi connectivity index (χ1) is 13.9. The molecule has 0 saturated heterocycles. The smallest absolute Gasteiger partial charge is 0.308 e. The lowest BCUT2D eigenvalue weighted by Gasteiger charge is -2.36. The van der Waals surface area contributed by atoms with E-state index in [0.717, 1.165) is 10.9 Å². The molecule has 0 spiro atoms. The number of methoxy groups -OCH3 is 3. The molecule has 0 unspecified atom stereocenters. The van der Waals surface area contributed by atoms with Gasteiger partial charge in [0, 0.05) is 16.5 Å². The maximum Gasteiger partial charge on any atom is 0.308 e. The van der Waals surface area contributed by atoms with Crippen molar-refractivity contribution in [3.8, 4) is 17.2 Å². The summed E-state index contributed by atoms with van der Waals surface area (Å²) in [6.07, 6.45) is -2.34. The average Bonchev–Trinajstić information content (AvgIpc) is 2.70. The van der Waals surface area contributed by atoms with Crippen LogP contribution in [0.1, 0.15) is 49.2 Å². The molecule has 0 aromatic heterocycles. The Kier molecular flexibility index (Phi) is 6.19. The first-order valence-electron chi connectivity index (χ1n) is 9.63. The zero-order valence-electron chi connectivity index (χ0n) is 17.7. The molecule has 2 aromatic carbocycles. The van der Waals surface area contributed by atoms with E-state index in [4.69, 9.17) is 23.7 Å². The van der Waals surface area contributed by atoms with Crippen molar-refractivity contribution in [2.24, 2.45) is 0 Å². The van der Waals surface area contributed by atoms with Crippen LogP contribution in [0.4, 0.5) is 0 Å². The van der Waals surface area contributed by atoms with Crippen LogP contribution in [0.5, 0.6) is 17.2 Å². The molecule has 29 heavy (non-hydrogen) atoms. The van der Waals surface area contributed by atoms with Gasteiger partial charge in [0.2, 0.25) is 0 Å². The molecule has 158 valence electrons. The Bertz CT molecular complexity index is 921. The third-order valence-electron chi connectivity index (χ3n) is 5.32. The minimum Gasteiger partial charge on any atom is -0.496 e. The molecule has 0 bridgehead atoms. The molecular formula is C22H28O7. The zero-order chi connectivity index (χ0) is 21.3. The molecule has 3 atom stereocenters. The molecule has 0 saturated carbocycles. The maximum atomic E-state index is 12.0. The number of esters is 1. The molecule has 7 nitrogen and oxygen atoms in total. The number of fused-ring (bicyclic) bond motifs is 2. The van der Waals surface area contributed by atoms with Crippen molar-refractivity contribution < 1.29 is 33.6 Å².